The first-order valence-corrected chi connectivity index (χ1v) is 4.67. The maximum atomic E-state index is 12.8. The Bertz CT molecular complexity index is 574. The van der Waals surface area contributed by atoms with Crippen LogP contribution in [0.3, 0.4) is 0 Å². The first-order chi connectivity index (χ1) is 8.43. The Morgan fingerprint density at radius 1 is 1.17 bits per heavy atom. The highest BCUT2D eigenvalue weighted by atomic mass is 19.4. The van der Waals surface area contributed by atoms with Crippen molar-refractivity contribution in [2.24, 2.45) is 0 Å². The first kappa shape index (κ1) is 12.2. The van der Waals surface area contributed by atoms with Gasteiger partial charge in [0.1, 0.15) is 5.82 Å². The molecule has 2 rings (SSSR count). The zero-order chi connectivity index (χ0) is 13.3. The fourth-order valence-electron chi connectivity index (χ4n) is 1.40. The molecule has 0 spiro atoms. The van der Waals surface area contributed by atoms with Gasteiger partial charge in [0, 0.05) is 0 Å². The largest absolute Gasteiger partial charge is 0.435 e. The third-order valence-corrected chi connectivity index (χ3v) is 2.15. The van der Waals surface area contributed by atoms with Crippen molar-refractivity contribution >= 4 is 6.29 Å². The maximum absolute atomic E-state index is 12.8. The third kappa shape index (κ3) is 2.08. The first-order valence-electron chi connectivity index (χ1n) is 4.67. The van der Waals surface area contributed by atoms with Crippen LogP contribution in [-0.2, 0) is 6.18 Å². The van der Waals surface area contributed by atoms with E-state index >= 15 is 0 Å². The van der Waals surface area contributed by atoms with Gasteiger partial charge in [-0.25, -0.2) is 9.07 Å². The molecule has 0 aliphatic carbocycles. The van der Waals surface area contributed by atoms with Crippen molar-refractivity contribution in [1.82, 2.24) is 15.0 Å². The average Bonchev–Trinajstić information content (AvgIpc) is 2.73. The summed E-state index contributed by atoms with van der Waals surface area (Å²) in [5.74, 6) is -0.594. The third-order valence-electron chi connectivity index (χ3n) is 2.15. The molecule has 4 nitrogen and oxygen atoms in total. The zero-order valence-electron chi connectivity index (χ0n) is 8.65. The second kappa shape index (κ2) is 4.21. The molecular weight excluding hydrogens is 254 g/mol. The molecule has 18 heavy (non-hydrogen) atoms. The Morgan fingerprint density at radius 3 is 2.28 bits per heavy atom. The van der Waals surface area contributed by atoms with Crippen LogP contribution in [0.1, 0.15) is 16.2 Å². The van der Waals surface area contributed by atoms with Crippen molar-refractivity contribution in [2.45, 2.75) is 6.18 Å². The Labute approximate surface area is 97.8 Å². The van der Waals surface area contributed by atoms with Crippen molar-refractivity contribution < 1.29 is 22.4 Å². The van der Waals surface area contributed by atoms with E-state index in [4.69, 9.17) is 0 Å². The van der Waals surface area contributed by atoms with E-state index in [1.165, 1.54) is 0 Å². The van der Waals surface area contributed by atoms with Gasteiger partial charge in [-0.15, -0.1) is 5.10 Å². The molecule has 1 aromatic heterocycles. The molecule has 1 heterocycles. The summed E-state index contributed by atoms with van der Waals surface area (Å²) in [4.78, 5) is 10.5. The summed E-state index contributed by atoms with van der Waals surface area (Å²) in [5.41, 5.74) is -2.14. The van der Waals surface area contributed by atoms with Gasteiger partial charge in [-0.1, -0.05) is 5.21 Å². The molecule has 8 heteroatoms. The van der Waals surface area contributed by atoms with E-state index in [0.29, 0.717) is 4.68 Å². The summed E-state index contributed by atoms with van der Waals surface area (Å²) < 4.78 is 51.4. The van der Waals surface area contributed by atoms with Crippen LogP contribution in [0.25, 0.3) is 5.69 Å². The van der Waals surface area contributed by atoms with E-state index in [-0.39, 0.29) is 12.0 Å². The minimum absolute atomic E-state index is 0.0319. The molecule has 94 valence electrons. The van der Waals surface area contributed by atoms with Gasteiger partial charge in [0.2, 0.25) is 0 Å². The van der Waals surface area contributed by atoms with Crippen LogP contribution in [0.4, 0.5) is 17.6 Å². The van der Waals surface area contributed by atoms with E-state index in [0.717, 1.165) is 24.3 Å². The topological polar surface area (TPSA) is 47.8 Å². The molecule has 0 atom stereocenters. The summed E-state index contributed by atoms with van der Waals surface area (Å²) in [6, 6.07) is 4.18. The molecule has 2 aromatic rings. The van der Waals surface area contributed by atoms with Crippen molar-refractivity contribution in [3.8, 4) is 5.69 Å². The zero-order valence-corrected chi connectivity index (χ0v) is 8.65. The highest BCUT2D eigenvalue weighted by Gasteiger charge is 2.39. The number of halogens is 4. The molecular formula is C10H5F4N3O. The lowest BCUT2D eigenvalue weighted by Gasteiger charge is -2.09. The molecule has 0 aliphatic heterocycles. The monoisotopic (exact) mass is 259 g/mol. The van der Waals surface area contributed by atoms with Crippen LogP contribution in [0.2, 0.25) is 0 Å². The number of aldehydes is 1. The van der Waals surface area contributed by atoms with Crippen LogP contribution in [0, 0.1) is 5.82 Å². The lowest BCUT2D eigenvalue weighted by Crippen LogP contribution is -2.15. The standard InChI is InChI=1S/C10H5F4N3O/c11-6-1-3-7(4-2-6)17-9(10(12,13)14)8(5-18)15-16-17/h1-5H. The van der Waals surface area contributed by atoms with E-state index in [1.54, 1.807) is 0 Å². The summed E-state index contributed by atoms with van der Waals surface area (Å²) in [6.07, 6.45) is -4.82. The number of aromatic nitrogens is 3. The SMILES string of the molecule is O=Cc1nnn(-c2ccc(F)cc2)c1C(F)(F)F. The maximum Gasteiger partial charge on any atom is 0.435 e. The number of rotatable bonds is 2. The fraction of sp³-hybridized carbons (Fsp3) is 0.100. The molecule has 0 N–H and O–H groups in total. The van der Waals surface area contributed by atoms with Crippen molar-refractivity contribution in [3.63, 3.8) is 0 Å². The number of nitrogens with zero attached hydrogens (tertiary/aromatic N) is 3. The van der Waals surface area contributed by atoms with Crippen LogP contribution in [-0.4, -0.2) is 21.3 Å². The number of carbonyl (C=O) groups excluding carboxylic acids is 1. The molecule has 0 bridgehead atoms. The second-order valence-corrected chi connectivity index (χ2v) is 3.33. The summed E-state index contributed by atoms with van der Waals surface area (Å²) in [5, 5.41) is 6.38. The van der Waals surface area contributed by atoms with Gasteiger partial charge in [0.25, 0.3) is 0 Å². The Balaban J connectivity index is 2.61. The lowest BCUT2D eigenvalue weighted by atomic mass is 10.2. The van der Waals surface area contributed by atoms with Gasteiger partial charge in [-0.2, -0.15) is 13.2 Å². The minimum atomic E-state index is -4.78. The molecule has 0 radical (unpaired) electrons. The normalized spacial score (nSPS) is 11.6. The quantitative estimate of drug-likeness (QED) is 0.613. The summed E-state index contributed by atoms with van der Waals surface area (Å²) in [6.45, 7) is 0. The number of benzene rings is 1. The van der Waals surface area contributed by atoms with Crippen LogP contribution < -0.4 is 0 Å². The number of hydrogen-bond acceptors (Lipinski definition) is 3. The van der Waals surface area contributed by atoms with Gasteiger partial charge in [0.05, 0.1) is 5.69 Å². The summed E-state index contributed by atoms with van der Waals surface area (Å²) in [7, 11) is 0. The second-order valence-electron chi connectivity index (χ2n) is 3.33. The lowest BCUT2D eigenvalue weighted by molar-refractivity contribution is -0.143. The van der Waals surface area contributed by atoms with E-state index in [9.17, 15) is 22.4 Å². The predicted octanol–water partition coefficient (Wildman–Crippen LogP) is 2.24. The molecule has 0 fully saturated rings. The molecule has 0 unspecified atom stereocenters. The molecule has 0 aliphatic rings. The predicted molar refractivity (Wildman–Crippen MR) is 51.7 cm³/mol. The van der Waals surface area contributed by atoms with Gasteiger partial charge in [-0.05, 0) is 24.3 Å². The van der Waals surface area contributed by atoms with Gasteiger partial charge < -0.3 is 0 Å². The van der Waals surface area contributed by atoms with Crippen molar-refractivity contribution in [3.05, 3.63) is 41.5 Å². The van der Waals surface area contributed by atoms with E-state index in [1.807, 2.05) is 0 Å². The van der Waals surface area contributed by atoms with Gasteiger partial charge in [0.15, 0.2) is 17.7 Å². The highest BCUT2D eigenvalue weighted by molar-refractivity contribution is 5.73. The van der Waals surface area contributed by atoms with E-state index in [2.05, 4.69) is 10.3 Å². The molecule has 0 saturated carbocycles. The molecule has 1 aromatic carbocycles. The minimum Gasteiger partial charge on any atom is -0.296 e. The van der Waals surface area contributed by atoms with Crippen molar-refractivity contribution in [2.75, 3.05) is 0 Å². The Kier molecular flexibility index (Phi) is 2.85. The highest BCUT2D eigenvalue weighted by Crippen LogP contribution is 2.31. The Hall–Kier alpha value is -2.25. The Morgan fingerprint density at radius 2 is 1.78 bits per heavy atom. The molecule has 0 amide bonds. The van der Waals surface area contributed by atoms with Crippen LogP contribution >= 0.6 is 0 Å². The van der Waals surface area contributed by atoms with Gasteiger partial charge in [-0.3, -0.25) is 4.79 Å². The number of hydrogen-bond donors (Lipinski definition) is 0. The smallest absolute Gasteiger partial charge is 0.296 e. The molecule has 0 saturated heterocycles. The number of alkyl halides is 3. The fourth-order valence-corrected chi connectivity index (χ4v) is 1.40. The van der Waals surface area contributed by atoms with E-state index < -0.39 is 23.4 Å². The van der Waals surface area contributed by atoms with Crippen LogP contribution in [0.5, 0.6) is 0 Å². The summed E-state index contributed by atoms with van der Waals surface area (Å²) >= 11 is 0. The number of carbonyl (C=O) groups is 1. The van der Waals surface area contributed by atoms with Crippen molar-refractivity contribution in [1.29, 1.82) is 0 Å². The van der Waals surface area contributed by atoms with Gasteiger partial charge >= 0.3 is 6.18 Å². The van der Waals surface area contributed by atoms with Crippen LogP contribution in [0.15, 0.2) is 24.3 Å². The average molecular weight is 259 g/mol.